The zero-order valence-electron chi connectivity index (χ0n) is 19.8. The molecular weight excluding hydrogens is 417 g/mol. The van der Waals surface area contributed by atoms with Gasteiger partial charge in [0.25, 0.3) is 0 Å². The van der Waals surface area contributed by atoms with E-state index in [9.17, 15) is 4.39 Å². The molecule has 33 heavy (non-hydrogen) atoms. The van der Waals surface area contributed by atoms with Crippen LogP contribution in [0.3, 0.4) is 0 Å². The number of imidazole rings is 1. The molecule has 6 nitrogen and oxygen atoms in total. The molecule has 3 rings (SSSR count). The molecule has 0 aliphatic carbocycles. The SMILES string of the molecule is CCC/C(C)=C(/CCOc1cc(F)ccc1-c1ccc2ncc(CCN)n2c1)C(CN)=NC. The summed E-state index contributed by atoms with van der Waals surface area (Å²) in [6.45, 7) is 5.60. The molecule has 2 heterocycles. The highest BCUT2D eigenvalue weighted by Gasteiger charge is 2.13. The Morgan fingerprint density at radius 3 is 2.70 bits per heavy atom. The van der Waals surface area contributed by atoms with Crippen molar-refractivity contribution in [1.29, 1.82) is 0 Å². The molecule has 0 bridgehead atoms. The van der Waals surface area contributed by atoms with Crippen LogP contribution in [-0.2, 0) is 6.42 Å². The number of nitrogens with zero attached hydrogens (tertiary/aromatic N) is 3. The number of hydrogen-bond acceptors (Lipinski definition) is 5. The summed E-state index contributed by atoms with van der Waals surface area (Å²) in [4.78, 5) is 8.79. The topological polar surface area (TPSA) is 90.9 Å². The number of benzene rings is 1. The van der Waals surface area contributed by atoms with Gasteiger partial charge in [0.15, 0.2) is 0 Å². The number of pyridine rings is 1. The van der Waals surface area contributed by atoms with Gasteiger partial charge in [-0.05, 0) is 49.7 Å². The summed E-state index contributed by atoms with van der Waals surface area (Å²) in [5, 5.41) is 0. The third kappa shape index (κ3) is 5.86. The first-order chi connectivity index (χ1) is 16.0. The van der Waals surface area contributed by atoms with Gasteiger partial charge in [-0.25, -0.2) is 9.37 Å². The predicted molar refractivity (Wildman–Crippen MR) is 133 cm³/mol. The molecule has 0 aliphatic rings. The summed E-state index contributed by atoms with van der Waals surface area (Å²) in [5.74, 6) is 0.169. The van der Waals surface area contributed by atoms with Crippen molar-refractivity contribution in [3.63, 3.8) is 0 Å². The molecule has 176 valence electrons. The Kier molecular flexibility index (Phi) is 8.74. The second-order valence-corrected chi connectivity index (χ2v) is 8.06. The van der Waals surface area contributed by atoms with Crippen LogP contribution in [0.15, 0.2) is 58.9 Å². The minimum Gasteiger partial charge on any atom is -0.492 e. The van der Waals surface area contributed by atoms with Gasteiger partial charge in [0.2, 0.25) is 0 Å². The fraction of sp³-hybridized carbons (Fsp3) is 0.385. The number of rotatable bonds is 11. The standard InChI is InChI=1S/C26H34FN5O/c1-4-5-18(2)22(24(15-29)30-3)11-13-33-25-14-20(27)7-8-23(25)19-6-9-26-31-16-21(10-12-28)32(26)17-19/h6-9,14,16-17H,4-5,10-13,15,28-29H2,1-3H3/b22-18-,30-24?. The van der Waals surface area contributed by atoms with E-state index < -0.39 is 0 Å². The van der Waals surface area contributed by atoms with Gasteiger partial charge in [-0.15, -0.1) is 0 Å². The first-order valence-corrected chi connectivity index (χ1v) is 11.5. The van der Waals surface area contributed by atoms with Crippen LogP contribution in [-0.4, -0.2) is 41.8 Å². The van der Waals surface area contributed by atoms with Crippen molar-refractivity contribution in [2.75, 3.05) is 26.7 Å². The Labute approximate surface area is 195 Å². The fourth-order valence-corrected chi connectivity index (χ4v) is 4.12. The molecule has 0 saturated carbocycles. The average Bonchev–Trinajstić information content (AvgIpc) is 3.21. The van der Waals surface area contributed by atoms with Gasteiger partial charge >= 0.3 is 0 Å². The van der Waals surface area contributed by atoms with Crippen molar-refractivity contribution in [2.45, 2.75) is 39.5 Å². The lowest BCUT2D eigenvalue weighted by Crippen LogP contribution is -2.19. The number of hydrogen-bond donors (Lipinski definition) is 2. The Bertz CT molecular complexity index is 1150. The molecule has 7 heteroatoms. The molecule has 0 aliphatic heterocycles. The Morgan fingerprint density at radius 2 is 2.00 bits per heavy atom. The summed E-state index contributed by atoms with van der Waals surface area (Å²) in [5.41, 5.74) is 18.6. The van der Waals surface area contributed by atoms with E-state index in [4.69, 9.17) is 16.2 Å². The lowest BCUT2D eigenvalue weighted by atomic mass is 9.98. The zero-order valence-corrected chi connectivity index (χ0v) is 19.8. The third-order valence-corrected chi connectivity index (χ3v) is 5.80. The summed E-state index contributed by atoms with van der Waals surface area (Å²) in [6.07, 6.45) is 7.26. The lowest BCUT2D eigenvalue weighted by molar-refractivity contribution is 0.322. The molecule has 4 N–H and O–H groups in total. The van der Waals surface area contributed by atoms with Crippen LogP contribution in [0.25, 0.3) is 16.8 Å². The normalized spacial score (nSPS) is 12.8. The first-order valence-electron chi connectivity index (χ1n) is 11.5. The minimum absolute atomic E-state index is 0.336. The number of halogens is 1. The first kappa shape index (κ1) is 24.6. The van der Waals surface area contributed by atoms with Crippen LogP contribution in [0.1, 0.15) is 38.8 Å². The summed E-state index contributed by atoms with van der Waals surface area (Å²) >= 11 is 0. The summed E-state index contributed by atoms with van der Waals surface area (Å²) < 4.78 is 22.3. The van der Waals surface area contributed by atoms with E-state index in [0.717, 1.165) is 53.0 Å². The van der Waals surface area contributed by atoms with Crippen LogP contribution in [0, 0.1) is 5.82 Å². The zero-order chi connectivity index (χ0) is 23.8. The van der Waals surface area contributed by atoms with Crippen molar-refractivity contribution in [3.05, 3.63) is 65.4 Å². The highest BCUT2D eigenvalue weighted by Crippen LogP contribution is 2.32. The maximum Gasteiger partial charge on any atom is 0.136 e. The molecular formula is C26H34FN5O. The molecule has 2 aromatic heterocycles. The molecule has 0 saturated heterocycles. The monoisotopic (exact) mass is 451 g/mol. The lowest BCUT2D eigenvalue weighted by Gasteiger charge is -2.16. The molecule has 0 fully saturated rings. The fourth-order valence-electron chi connectivity index (χ4n) is 4.12. The minimum atomic E-state index is -0.336. The molecule has 3 aromatic rings. The van der Waals surface area contributed by atoms with Crippen LogP contribution >= 0.6 is 0 Å². The number of ether oxygens (including phenoxy) is 1. The Morgan fingerprint density at radius 1 is 1.18 bits per heavy atom. The van der Waals surface area contributed by atoms with E-state index >= 15 is 0 Å². The van der Waals surface area contributed by atoms with Crippen molar-refractivity contribution < 1.29 is 9.13 Å². The number of aromatic nitrogens is 2. The van der Waals surface area contributed by atoms with E-state index in [1.54, 1.807) is 13.1 Å². The number of fused-ring (bicyclic) bond motifs is 1. The van der Waals surface area contributed by atoms with Gasteiger partial charge in [-0.2, -0.15) is 0 Å². The van der Waals surface area contributed by atoms with Gasteiger partial charge < -0.3 is 20.6 Å². The summed E-state index contributed by atoms with van der Waals surface area (Å²) in [7, 11) is 1.76. The van der Waals surface area contributed by atoms with Gasteiger partial charge in [0.1, 0.15) is 17.2 Å². The van der Waals surface area contributed by atoms with Crippen molar-refractivity contribution in [3.8, 4) is 16.9 Å². The van der Waals surface area contributed by atoms with E-state index in [1.165, 1.54) is 17.7 Å². The quantitative estimate of drug-likeness (QED) is 0.418. The van der Waals surface area contributed by atoms with Gasteiger partial charge in [-0.1, -0.05) is 18.9 Å². The predicted octanol–water partition coefficient (Wildman–Crippen LogP) is 4.56. The molecule has 0 spiro atoms. The van der Waals surface area contributed by atoms with Crippen molar-refractivity contribution in [2.24, 2.45) is 16.5 Å². The summed E-state index contributed by atoms with van der Waals surface area (Å²) in [6, 6.07) is 8.57. The Hall–Kier alpha value is -3.03. The van der Waals surface area contributed by atoms with Crippen molar-refractivity contribution >= 4 is 11.4 Å². The average molecular weight is 452 g/mol. The number of aliphatic imine (C=N–C) groups is 1. The maximum absolute atomic E-state index is 14.1. The second kappa shape index (κ2) is 11.7. The van der Waals surface area contributed by atoms with Crippen LogP contribution in [0.2, 0.25) is 0 Å². The second-order valence-electron chi connectivity index (χ2n) is 8.06. The molecule has 0 atom stereocenters. The van der Waals surface area contributed by atoms with E-state index in [-0.39, 0.29) is 5.82 Å². The largest absolute Gasteiger partial charge is 0.492 e. The Balaban J connectivity index is 1.88. The van der Waals surface area contributed by atoms with Crippen LogP contribution in [0.4, 0.5) is 4.39 Å². The molecule has 0 amide bonds. The smallest absolute Gasteiger partial charge is 0.136 e. The van der Waals surface area contributed by atoms with E-state index in [2.05, 4.69) is 23.8 Å². The van der Waals surface area contributed by atoms with Gasteiger partial charge in [-0.3, -0.25) is 4.99 Å². The number of nitrogens with two attached hydrogens (primary N) is 2. The molecule has 0 unspecified atom stereocenters. The number of allylic oxidation sites excluding steroid dienone is 1. The highest BCUT2D eigenvalue weighted by molar-refractivity contribution is 6.02. The van der Waals surface area contributed by atoms with E-state index in [1.807, 2.05) is 28.9 Å². The molecule has 1 aromatic carbocycles. The highest BCUT2D eigenvalue weighted by atomic mass is 19.1. The van der Waals surface area contributed by atoms with Gasteiger partial charge in [0.05, 0.1) is 12.3 Å². The van der Waals surface area contributed by atoms with Gasteiger partial charge in [0, 0.05) is 61.7 Å². The maximum atomic E-state index is 14.1. The third-order valence-electron chi connectivity index (χ3n) is 5.80. The van der Waals surface area contributed by atoms with Crippen LogP contribution < -0.4 is 16.2 Å². The van der Waals surface area contributed by atoms with E-state index in [0.29, 0.717) is 31.9 Å². The molecule has 0 radical (unpaired) electrons. The van der Waals surface area contributed by atoms with Crippen LogP contribution in [0.5, 0.6) is 5.75 Å². The van der Waals surface area contributed by atoms with Crippen molar-refractivity contribution in [1.82, 2.24) is 9.38 Å².